The Labute approximate surface area is 111 Å². The maximum absolute atomic E-state index is 12.3. The molecule has 0 atom stereocenters. The molecule has 0 bridgehead atoms. The largest absolute Gasteiger partial charge is 0.496 e. The number of hydrogen-bond acceptors (Lipinski definition) is 2. The van der Waals surface area contributed by atoms with Crippen LogP contribution in [0.4, 0.5) is 0 Å². The van der Waals surface area contributed by atoms with E-state index in [4.69, 9.17) is 4.74 Å². The van der Waals surface area contributed by atoms with Gasteiger partial charge >= 0.3 is 0 Å². The van der Waals surface area contributed by atoms with Crippen molar-refractivity contribution in [3.63, 3.8) is 0 Å². The van der Waals surface area contributed by atoms with Gasteiger partial charge in [0.1, 0.15) is 5.75 Å². The molecule has 0 unspecified atom stereocenters. The minimum Gasteiger partial charge on any atom is -0.496 e. The number of ether oxygens (including phenoxy) is 1. The molecule has 0 fully saturated rings. The maximum atomic E-state index is 12.3. The van der Waals surface area contributed by atoms with E-state index in [1.807, 2.05) is 31.7 Å². The van der Waals surface area contributed by atoms with Crippen LogP contribution in [0, 0.1) is 0 Å². The van der Waals surface area contributed by atoms with Crippen molar-refractivity contribution >= 4 is 21.8 Å². The lowest BCUT2D eigenvalue weighted by atomic mass is 10.1. The van der Waals surface area contributed by atoms with Crippen molar-refractivity contribution in [2.75, 3.05) is 13.7 Å². The number of hydrogen-bond donors (Lipinski definition) is 0. The maximum Gasteiger partial charge on any atom is 0.257 e. The van der Waals surface area contributed by atoms with Gasteiger partial charge in [-0.3, -0.25) is 4.79 Å². The first-order valence-electron chi connectivity index (χ1n) is 5.65. The fourth-order valence-electron chi connectivity index (χ4n) is 1.74. The third kappa shape index (κ3) is 3.22. The number of halogens is 1. The molecule has 0 heterocycles. The Hall–Kier alpha value is -1.03. The van der Waals surface area contributed by atoms with Crippen LogP contribution in [0.15, 0.2) is 22.7 Å². The first kappa shape index (κ1) is 14.0. The predicted molar refractivity (Wildman–Crippen MR) is 72.5 cm³/mol. The molecule has 1 aromatic rings. The lowest BCUT2D eigenvalue weighted by Crippen LogP contribution is -2.36. The highest BCUT2D eigenvalue weighted by Crippen LogP contribution is 2.25. The summed E-state index contributed by atoms with van der Waals surface area (Å²) in [4.78, 5) is 14.2. The van der Waals surface area contributed by atoms with Crippen LogP contribution < -0.4 is 4.74 Å². The van der Waals surface area contributed by atoms with E-state index in [0.717, 1.165) is 4.47 Å². The fraction of sp³-hybridized carbons (Fsp3) is 0.462. The second-order valence-electron chi connectivity index (χ2n) is 4.03. The zero-order valence-corrected chi connectivity index (χ0v) is 12.2. The van der Waals surface area contributed by atoms with Crippen LogP contribution in [-0.2, 0) is 0 Å². The summed E-state index contributed by atoms with van der Waals surface area (Å²) in [6, 6.07) is 5.63. The van der Waals surface area contributed by atoms with E-state index >= 15 is 0 Å². The highest BCUT2D eigenvalue weighted by atomic mass is 79.9. The number of amides is 1. The quantitative estimate of drug-likeness (QED) is 0.853. The predicted octanol–water partition coefficient (Wildman–Crippen LogP) is 3.33. The first-order chi connectivity index (χ1) is 8.01. The van der Waals surface area contributed by atoms with Crippen molar-refractivity contribution in [2.45, 2.75) is 26.8 Å². The summed E-state index contributed by atoms with van der Waals surface area (Å²) in [6.45, 7) is 6.68. The molecule has 0 spiro atoms. The number of methoxy groups -OCH3 is 1. The van der Waals surface area contributed by atoms with E-state index in [0.29, 0.717) is 17.9 Å². The van der Waals surface area contributed by atoms with Gasteiger partial charge in [-0.15, -0.1) is 0 Å². The van der Waals surface area contributed by atoms with Crippen molar-refractivity contribution in [2.24, 2.45) is 0 Å². The van der Waals surface area contributed by atoms with E-state index in [9.17, 15) is 4.79 Å². The summed E-state index contributed by atoms with van der Waals surface area (Å²) in [6.07, 6.45) is 0. The average molecular weight is 300 g/mol. The molecule has 0 saturated carbocycles. The number of carbonyl (C=O) groups excluding carboxylic acids is 1. The average Bonchev–Trinajstić information content (AvgIpc) is 2.28. The van der Waals surface area contributed by atoms with Crippen molar-refractivity contribution in [1.29, 1.82) is 0 Å². The molecule has 0 saturated heterocycles. The molecule has 0 aliphatic carbocycles. The molecule has 0 aliphatic heterocycles. The van der Waals surface area contributed by atoms with Crippen LogP contribution in [0.25, 0.3) is 0 Å². The molecule has 0 aromatic heterocycles. The van der Waals surface area contributed by atoms with Gasteiger partial charge in [-0.05, 0) is 39.0 Å². The highest BCUT2D eigenvalue weighted by molar-refractivity contribution is 9.10. The van der Waals surface area contributed by atoms with Crippen LogP contribution >= 0.6 is 15.9 Å². The van der Waals surface area contributed by atoms with E-state index in [1.165, 1.54) is 0 Å². The highest BCUT2D eigenvalue weighted by Gasteiger charge is 2.20. The summed E-state index contributed by atoms with van der Waals surface area (Å²) in [7, 11) is 1.57. The van der Waals surface area contributed by atoms with Crippen molar-refractivity contribution in [1.82, 2.24) is 4.90 Å². The molecule has 0 aliphatic rings. The lowest BCUT2D eigenvalue weighted by Gasteiger charge is -2.25. The summed E-state index contributed by atoms with van der Waals surface area (Å²) in [5.74, 6) is 0.607. The fourth-order valence-corrected chi connectivity index (χ4v) is 2.08. The Morgan fingerprint density at radius 2 is 2.12 bits per heavy atom. The Bertz CT molecular complexity index is 404. The van der Waals surface area contributed by atoms with Crippen LogP contribution in [0.2, 0.25) is 0 Å². The van der Waals surface area contributed by atoms with Gasteiger partial charge in [0.2, 0.25) is 0 Å². The topological polar surface area (TPSA) is 29.5 Å². The zero-order chi connectivity index (χ0) is 13.0. The van der Waals surface area contributed by atoms with Gasteiger partial charge in [-0.25, -0.2) is 0 Å². The van der Waals surface area contributed by atoms with Gasteiger partial charge < -0.3 is 9.64 Å². The number of rotatable bonds is 4. The van der Waals surface area contributed by atoms with Gasteiger partial charge in [0, 0.05) is 17.1 Å². The molecule has 0 N–H and O–H groups in total. The van der Waals surface area contributed by atoms with Gasteiger partial charge in [-0.2, -0.15) is 0 Å². The Balaban J connectivity index is 3.11. The lowest BCUT2D eigenvalue weighted by molar-refractivity contribution is 0.0713. The second-order valence-corrected chi connectivity index (χ2v) is 4.95. The Morgan fingerprint density at radius 1 is 1.47 bits per heavy atom. The molecule has 17 heavy (non-hydrogen) atoms. The number of carbonyl (C=O) groups is 1. The molecule has 0 radical (unpaired) electrons. The number of benzene rings is 1. The van der Waals surface area contributed by atoms with Crippen LogP contribution in [0.5, 0.6) is 5.75 Å². The molecule has 94 valence electrons. The molecular formula is C13H18BrNO2. The smallest absolute Gasteiger partial charge is 0.257 e. The van der Waals surface area contributed by atoms with Crippen molar-refractivity contribution < 1.29 is 9.53 Å². The van der Waals surface area contributed by atoms with Crippen LogP contribution in [-0.4, -0.2) is 30.5 Å². The van der Waals surface area contributed by atoms with Crippen molar-refractivity contribution in [3.05, 3.63) is 28.2 Å². The molecule has 1 aromatic carbocycles. The van der Waals surface area contributed by atoms with E-state index in [-0.39, 0.29) is 11.9 Å². The van der Waals surface area contributed by atoms with Gasteiger partial charge in [0.25, 0.3) is 5.91 Å². The minimum atomic E-state index is 0.00634. The third-order valence-corrected chi connectivity index (χ3v) is 3.11. The molecule has 4 heteroatoms. The summed E-state index contributed by atoms with van der Waals surface area (Å²) in [5, 5.41) is 0. The summed E-state index contributed by atoms with van der Waals surface area (Å²) >= 11 is 3.36. The standard InChI is InChI=1S/C13H18BrNO2/c1-5-15(9(2)3)13(16)11-7-6-10(14)8-12(11)17-4/h6-9H,5H2,1-4H3. The third-order valence-electron chi connectivity index (χ3n) is 2.62. The number of nitrogens with zero attached hydrogens (tertiary/aromatic N) is 1. The van der Waals surface area contributed by atoms with Crippen LogP contribution in [0.1, 0.15) is 31.1 Å². The van der Waals surface area contributed by atoms with Crippen molar-refractivity contribution in [3.8, 4) is 5.75 Å². The van der Waals surface area contributed by atoms with E-state index < -0.39 is 0 Å². The SMILES string of the molecule is CCN(C(=O)c1ccc(Br)cc1OC)C(C)C. The minimum absolute atomic E-state index is 0.00634. The van der Waals surface area contributed by atoms with E-state index in [1.54, 1.807) is 19.2 Å². The molecule has 3 nitrogen and oxygen atoms in total. The molecule has 1 amide bonds. The normalized spacial score (nSPS) is 10.5. The Kier molecular flexibility index (Phi) is 5.00. The molecular weight excluding hydrogens is 282 g/mol. The monoisotopic (exact) mass is 299 g/mol. The van der Waals surface area contributed by atoms with Gasteiger partial charge in [-0.1, -0.05) is 15.9 Å². The van der Waals surface area contributed by atoms with Gasteiger partial charge in [0.15, 0.2) is 0 Å². The van der Waals surface area contributed by atoms with Gasteiger partial charge in [0.05, 0.1) is 12.7 Å². The van der Waals surface area contributed by atoms with Crippen LogP contribution in [0.3, 0.4) is 0 Å². The molecule has 1 rings (SSSR count). The summed E-state index contributed by atoms with van der Waals surface area (Å²) in [5.41, 5.74) is 0.603. The summed E-state index contributed by atoms with van der Waals surface area (Å²) < 4.78 is 6.15. The zero-order valence-electron chi connectivity index (χ0n) is 10.7. The first-order valence-corrected chi connectivity index (χ1v) is 6.45. The van der Waals surface area contributed by atoms with E-state index in [2.05, 4.69) is 15.9 Å². The Morgan fingerprint density at radius 3 is 2.59 bits per heavy atom. The second kappa shape index (κ2) is 6.05.